The molecule has 0 bridgehead atoms. The van der Waals surface area contributed by atoms with Crippen molar-refractivity contribution in [3.63, 3.8) is 0 Å². The summed E-state index contributed by atoms with van der Waals surface area (Å²) in [5.74, 6) is 1.36. The highest BCUT2D eigenvalue weighted by Crippen LogP contribution is 2.33. The van der Waals surface area contributed by atoms with Crippen LogP contribution in [0, 0.1) is 5.82 Å². The number of fused-ring (bicyclic) bond motifs is 1. The lowest BCUT2D eigenvalue weighted by molar-refractivity contribution is 0.174. The highest BCUT2D eigenvalue weighted by Gasteiger charge is 2.17. The van der Waals surface area contributed by atoms with Gasteiger partial charge in [0.15, 0.2) is 11.5 Å². The number of ether oxygens (including phenoxy) is 2. The molecule has 2 heterocycles. The van der Waals surface area contributed by atoms with E-state index in [2.05, 4.69) is 14.9 Å². The fourth-order valence-corrected chi connectivity index (χ4v) is 4.31. The zero-order valence-corrected chi connectivity index (χ0v) is 17.3. The fraction of sp³-hybridized carbons (Fsp3) is 0.0909. The monoisotopic (exact) mass is 453 g/mol. The zero-order valence-electron chi connectivity index (χ0n) is 16.5. The number of hydrogen-bond acceptors (Lipinski definition) is 7. The Morgan fingerprint density at radius 3 is 2.66 bits per heavy atom. The first kappa shape index (κ1) is 20.0. The van der Waals surface area contributed by atoms with Crippen LogP contribution in [0.1, 0.15) is 11.5 Å². The minimum absolute atomic E-state index is 0.174. The predicted molar refractivity (Wildman–Crippen MR) is 112 cm³/mol. The quantitative estimate of drug-likeness (QED) is 0.471. The molecule has 0 atom stereocenters. The topological polar surface area (TPSA) is 104 Å². The first-order valence-corrected chi connectivity index (χ1v) is 11.0. The molecule has 0 radical (unpaired) electrons. The second kappa shape index (κ2) is 7.97. The summed E-state index contributed by atoms with van der Waals surface area (Å²) in [6, 6.07) is 16.9. The molecule has 1 N–H and O–H groups in total. The molecule has 162 valence electrons. The van der Waals surface area contributed by atoms with E-state index >= 15 is 0 Å². The molecule has 0 spiro atoms. The molecule has 3 aromatic carbocycles. The molecule has 4 aromatic rings. The number of anilines is 1. The van der Waals surface area contributed by atoms with Crippen molar-refractivity contribution in [2.24, 2.45) is 0 Å². The van der Waals surface area contributed by atoms with Crippen molar-refractivity contribution in [2.45, 2.75) is 11.3 Å². The molecular formula is C22H16FN3O5S. The molecule has 0 unspecified atom stereocenters. The van der Waals surface area contributed by atoms with Crippen molar-refractivity contribution < 1.29 is 26.7 Å². The SMILES string of the molecule is O=S(=O)(Nc1cccc(-c2nnc(Cc3ccc4c(c3)OCO4)o2)c1)c1cccc(F)c1. The van der Waals surface area contributed by atoms with Gasteiger partial charge in [0.2, 0.25) is 18.6 Å². The highest BCUT2D eigenvalue weighted by atomic mass is 32.2. The Bertz CT molecular complexity index is 1400. The van der Waals surface area contributed by atoms with Crippen LogP contribution in [-0.4, -0.2) is 25.4 Å². The van der Waals surface area contributed by atoms with Crippen molar-refractivity contribution in [3.8, 4) is 23.0 Å². The third-order valence-corrected chi connectivity index (χ3v) is 6.11. The van der Waals surface area contributed by atoms with Gasteiger partial charge in [-0.05, 0) is 54.1 Å². The minimum atomic E-state index is -3.95. The summed E-state index contributed by atoms with van der Waals surface area (Å²) in [5, 5.41) is 8.14. The first-order valence-electron chi connectivity index (χ1n) is 9.56. The third kappa shape index (κ3) is 4.12. The van der Waals surface area contributed by atoms with Crippen LogP contribution >= 0.6 is 0 Å². The molecule has 5 rings (SSSR count). The lowest BCUT2D eigenvalue weighted by Crippen LogP contribution is -2.13. The molecule has 0 aliphatic carbocycles. The number of aromatic nitrogens is 2. The molecule has 10 heteroatoms. The van der Waals surface area contributed by atoms with Crippen molar-refractivity contribution in [1.82, 2.24) is 10.2 Å². The van der Waals surface area contributed by atoms with Gasteiger partial charge in [0, 0.05) is 11.3 Å². The van der Waals surface area contributed by atoms with Crippen LogP contribution in [0.25, 0.3) is 11.5 Å². The van der Waals surface area contributed by atoms with Crippen molar-refractivity contribution >= 4 is 15.7 Å². The normalized spacial score (nSPS) is 12.7. The van der Waals surface area contributed by atoms with Crippen LogP contribution in [0.3, 0.4) is 0 Å². The van der Waals surface area contributed by atoms with Gasteiger partial charge >= 0.3 is 0 Å². The van der Waals surface area contributed by atoms with E-state index in [9.17, 15) is 12.8 Å². The van der Waals surface area contributed by atoms with Crippen molar-refractivity contribution in [2.75, 3.05) is 11.5 Å². The molecule has 0 saturated carbocycles. The molecule has 32 heavy (non-hydrogen) atoms. The Hall–Kier alpha value is -3.92. The average molecular weight is 453 g/mol. The van der Waals surface area contributed by atoms with Gasteiger partial charge < -0.3 is 13.9 Å². The van der Waals surface area contributed by atoms with Crippen LogP contribution in [0.4, 0.5) is 10.1 Å². The number of sulfonamides is 1. The first-order chi connectivity index (χ1) is 15.5. The van der Waals surface area contributed by atoms with Gasteiger partial charge in [-0.15, -0.1) is 10.2 Å². The lowest BCUT2D eigenvalue weighted by Gasteiger charge is -2.08. The smallest absolute Gasteiger partial charge is 0.261 e. The van der Waals surface area contributed by atoms with Gasteiger partial charge in [-0.3, -0.25) is 4.72 Å². The molecule has 0 fully saturated rings. The number of hydrogen-bond donors (Lipinski definition) is 1. The Morgan fingerprint density at radius 1 is 0.938 bits per heavy atom. The molecule has 8 nitrogen and oxygen atoms in total. The molecule has 1 aromatic heterocycles. The average Bonchev–Trinajstić information content (AvgIpc) is 3.43. The number of benzene rings is 3. The van der Waals surface area contributed by atoms with Gasteiger partial charge in [-0.1, -0.05) is 18.2 Å². The summed E-state index contributed by atoms with van der Waals surface area (Å²) in [5.41, 5.74) is 1.73. The Balaban J connectivity index is 1.34. The second-order valence-electron chi connectivity index (χ2n) is 7.01. The van der Waals surface area contributed by atoms with Gasteiger partial charge in [-0.2, -0.15) is 0 Å². The molecule has 0 amide bonds. The van der Waals surface area contributed by atoms with E-state index in [1.807, 2.05) is 18.2 Å². The highest BCUT2D eigenvalue weighted by molar-refractivity contribution is 7.92. The van der Waals surface area contributed by atoms with E-state index in [-0.39, 0.29) is 23.3 Å². The summed E-state index contributed by atoms with van der Waals surface area (Å²) >= 11 is 0. The molecule has 1 aliphatic rings. The predicted octanol–water partition coefficient (Wildman–Crippen LogP) is 4.00. The van der Waals surface area contributed by atoms with Crippen LogP contribution in [0.2, 0.25) is 0 Å². The Labute approximate surface area is 182 Å². The Kier molecular flexibility index (Phi) is 4.98. The molecule has 0 saturated heterocycles. The summed E-state index contributed by atoms with van der Waals surface area (Å²) in [6.45, 7) is 0.197. The summed E-state index contributed by atoms with van der Waals surface area (Å²) in [7, 11) is -3.95. The van der Waals surface area contributed by atoms with E-state index in [1.54, 1.807) is 24.3 Å². The molecule has 1 aliphatic heterocycles. The second-order valence-corrected chi connectivity index (χ2v) is 8.69. The van der Waals surface area contributed by atoms with Gasteiger partial charge in [0.25, 0.3) is 10.0 Å². The maximum absolute atomic E-state index is 13.4. The maximum Gasteiger partial charge on any atom is 0.261 e. The summed E-state index contributed by atoms with van der Waals surface area (Å²) < 4.78 is 57.4. The van der Waals surface area contributed by atoms with E-state index in [1.165, 1.54) is 18.2 Å². The minimum Gasteiger partial charge on any atom is -0.454 e. The van der Waals surface area contributed by atoms with E-state index in [0.717, 1.165) is 11.6 Å². The number of rotatable bonds is 6. The van der Waals surface area contributed by atoms with Crippen molar-refractivity contribution in [3.05, 3.63) is 84.0 Å². The summed E-state index contributed by atoms with van der Waals surface area (Å²) in [6.07, 6.45) is 0.398. The van der Waals surface area contributed by atoms with E-state index in [0.29, 0.717) is 29.4 Å². The molecular weight excluding hydrogens is 437 g/mol. The number of halogens is 1. The number of nitrogens with zero attached hydrogens (tertiary/aromatic N) is 2. The van der Waals surface area contributed by atoms with Gasteiger partial charge in [0.1, 0.15) is 5.82 Å². The standard InChI is InChI=1S/C22H16FN3O5S/c23-16-4-2-6-18(12-16)32(27,28)26-17-5-1-3-15(11-17)22-25-24-21(31-22)10-14-7-8-19-20(9-14)30-13-29-19/h1-9,11-12,26H,10,13H2. The van der Waals surface area contributed by atoms with E-state index < -0.39 is 15.8 Å². The lowest BCUT2D eigenvalue weighted by atomic mass is 10.1. The van der Waals surface area contributed by atoms with Crippen molar-refractivity contribution in [1.29, 1.82) is 0 Å². The fourth-order valence-electron chi connectivity index (χ4n) is 3.23. The van der Waals surface area contributed by atoms with Crippen LogP contribution < -0.4 is 14.2 Å². The zero-order chi connectivity index (χ0) is 22.1. The van der Waals surface area contributed by atoms with E-state index in [4.69, 9.17) is 13.9 Å². The number of nitrogens with one attached hydrogen (secondary N) is 1. The van der Waals surface area contributed by atoms with Crippen LogP contribution in [0.15, 0.2) is 76.0 Å². The largest absolute Gasteiger partial charge is 0.454 e. The Morgan fingerprint density at radius 2 is 1.78 bits per heavy atom. The summed E-state index contributed by atoms with van der Waals surface area (Å²) in [4.78, 5) is -0.174. The maximum atomic E-state index is 13.4. The van der Waals surface area contributed by atoms with Gasteiger partial charge in [-0.25, -0.2) is 12.8 Å². The third-order valence-electron chi connectivity index (χ3n) is 4.73. The van der Waals surface area contributed by atoms with Crippen LogP contribution in [-0.2, 0) is 16.4 Å². The van der Waals surface area contributed by atoms with Gasteiger partial charge in [0.05, 0.1) is 11.3 Å². The van der Waals surface area contributed by atoms with Crippen LogP contribution in [0.5, 0.6) is 11.5 Å².